The number of fused-ring (bicyclic) bond motifs is 1. The number of likely N-dealkylation sites (tertiary alicyclic amines) is 1. The molecule has 4 heterocycles. The Morgan fingerprint density at radius 3 is 1.67 bits per heavy atom. The molecule has 0 bridgehead atoms. The van der Waals surface area contributed by atoms with Crippen molar-refractivity contribution in [1.82, 2.24) is 19.7 Å². The van der Waals surface area contributed by atoms with Gasteiger partial charge in [-0.15, -0.1) is 0 Å². The predicted molar refractivity (Wildman–Crippen MR) is 264 cm³/mol. The maximum Gasteiger partial charge on any atom is 0.210 e. The second-order valence-electron chi connectivity index (χ2n) is 18.9. The normalized spacial score (nSPS) is 18.4. The first kappa shape index (κ1) is 49.9. The van der Waals surface area contributed by atoms with E-state index in [4.69, 9.17) is 4.74 Å². The van der Waals surface area contributed by atoms with Crippen molar-refractivity contribution < 1.29 is 17.4 Å². The number of ether oxygens (including phenoxy) is 1. The maximum atomic E-state index is 14.5. The van der Waals surface area contributed by atoms with Crippen LogP contribution in [0.25, 0.3) is 10.9 Å². The van der Waals surface area contributed by atoms with Gasteiger partial charge in [-0.1, -0.05) is 123 Å². The first-order valence-corrected chi connectivity index (χ1v) is 28.5. The second-order valence-corrected chi connectivity index (χ2v) is 22.2. The van der Waals surface area contributed by atoms with Crippen molar-refractivity contribution in [2.75, 3.05) is 76.7 Å². The van der Waals surface area contributed by atoms with Gasteiger partial charge in [0.15, 0.2) is 0 Å². The van der Waals surface area contributed by atoms with Crippen LogP contribution >= 0.6 is 0 Å². The molecule has 63 heavy (non-hydrogen) atoms. The quantitative estimate of drug-likeness (QED) is 0.0694. The van der Waals surface area contributed by atoms with E-state index in [0.29, 0.717) is 40.5 Å². The number of sulfone groups is 1. The third-order valence-electron chi connectivity index (χ3n) is 14.5. The van der Waals surface area contributed by atoms with Crippen LogP contribution < -0.4 is 9.64 Å². The highest BCUT2D eigenvalue weighted by Gasteiger charge is 2.34. The molecular weight excluding hydrogens is 823 g/mol. The van der Waals surface area contributed by atoms with Crippen LogP contribution in [0, 0.1) is 0 Å². The Kier molecular flexibility index (Phi) is 21.0. The molecule has 0 unspecified atom stereocenters. The van der Waals surface area contributed by atoms with Gasteiger partial charge < -0.3 is 19.4 Å². The summed E-state index contributed by atoms with van der Waals surface area (Å²) in [5, 5.41) is 0.746. The van der Waals surface area contributed by atoms with Gasteiger partial charge in [-0.2, -0.15) is 0 Å². The number of rotatable bonds is 27. The van der Waals surface area contributed by atoms with E-state index in [2.05, 4.69) is 38.4 Å². The van der Waals surface area contributed by atoms with Crippen molar-refractivity contribution in [2.45, 2.75) is 182 Å². The van der Waals surface area contributed by atoms with Crippen LogP contribution in [0.1, 0.15) is 155 Å². The number of hydrogen-bond acceptors (Lipinski definition) is 9. The molecule has 9 nitrogen and oxygen atoms in total. The number of unbranched alkanes of at least 4 members (excludes halogenated alkanes) is 17. The minimum atomic E-state index is -3.92. The number of piperidine rings is 2. The van der Waals surface area contributed by atoms with E-state index in [1.54, 1.807) is 30.5 Å². The molecule has 3 fully saturated rings. The average Bonchev–Trinajstić information content (AvgIpc) is 3.32. The Balaban J connectivity index is 0.949. The van der Waals surface area contributed by atoms with E-state index in [0.717, 1.165) is 63.8 Å². The zero-order chi connectivity index (χ0) is 44.3. The number of aromatic nitrogens is 1. The third-order valence-corrected chi connectivity index (χ3v) is 17.2. The van der Waals surface area contributed by atoms with Crippen LogP contribution in [0.4, 0.5) is 5.69 Å². The number of piperazine rings is 1. The van der Waals surface area contributed by atoms with E-state index in [1.165, 1.54) is 148 Å². The van der Waals surface area contributed by atoms with Crippen molar-refractivity contribution in [3.8, 4) is 5.75 Å². The van der Waals surface area contributed by atoms with Crippen LogP contribution in [0.5, 0.6) is 5.75 Å². The molecule has 1 aromatic heterocycles. The zero-order valence-electron chi connectivity index (χ0n) is 39.6. The van der Waals surface area contributed by atoms with Crippen LogP contribution in [0.15, 0.2) is 63.3 Å². The molecule has 0 aliphatic carbocycles. The van der Waals surface area contributed by atoms with Crippen LogP contribution in [-0.4, -0.2) is 116 Å². The second kappa shape index (κ2) is 26.5. The molecule has 0 spiro atoms. The van der Waals surface area contributed by atoms with E-state index >= 15 is 0 Å². The number of anilines is 1. The molecule has 3 aliphatic rings. The molecule has 6 rings (SSSR count). The SMILES string of the molecule is CCCCCCCCCCCCCCCCCCCCOc1ccc(S(=O)(=O)c2cnc3ccc([S@](C)=O)cc3c2N2CCC(N3CCC(N4CCN(CC)CC4)CC3)CC2)cc1. The minimum Gasteiger partial charge on any atom is -0.494 e. The molecule has 0 radical (unpaired) electrons. The summed E-state index contributed by atoms with van der Waals surface area (Å²) >= 11 is 0. The molecule has 3 saturated heterocycles. The Morgan fingerprint density at radius 1 is 0.635 bits per heavy atom. The topological polar surface area (TPSA) is 86.3 Å². The van der Waals surface area contributed by atoms with E-state index in [-0.39, 0.29) is 9.79 Å². The van der Waals surface area contributed by atoms with E-state index in [1.807, 2.05) is 18.2 Å². The van der Waals surface area contributed by atoms with Crippen LogP contribution in [-0.2, 0) is 20.6 Å². The standard InChI is InChI=1S/C52H83N5O4S2/c1-4-6-7-8-9-10-11-12-13-14-15-16-17-18-19-20-21-22-41-61-46-23-26-48(27-24-46)63(59,60)51-43-53-50-28-25-47(62(3)58)42-49(50)52(51)57-35-31-44(32-36-57)55-33-29-45(30-34-55)56-39-37-54(5-2)38-40-56/h23-28,42-45H,4-22,29-41H2,1-3H3/t62-/m0/s1. The minimum absolute atomic E-state index is 0.212. The Bertz CT molecular complexity index is 1900. The monoisotopic (exact) mass is 906 g/mol. The summed E-state index contributed by atoms with van der Waals surface area (Å²) in [5.74, 6) is 0.693. The molecule has 0 saturated carbocycles. The summed E-state index contributed by atoms with van der Waals surface area (Å²) in [5.41, 5.74) is 1.40. The Morgan fingerprint density at radius 2 is 1.14 bits per heavy atom. The van der Waals surface area contributed by atoms with E-state index in [9.17, 15) is 12.6 Å². The zero-order valence-corrected chi connectivity index (χ0v) is 41.2. The van der Waals surface area contributed by atoms with Gasteiger partial charge in [0.1, 0.15) is 10.6 Å². The summed E-state index contributed by atoms with van der Waals surface area (Å²) in [7, 11) is -5.14. The van der Waals surface area contributed by atoms with Crippen LogP contribution in [0.3, 0.4) is 0 Å². The summed E-state index contributed by atoms with van der Waals surface area (Å²) in [4.78, 5) is 16.0. The molecule has 1 atom stereocenters. The molecule has 3 aromatic rings. The molecule has 2 aromatic carbocycles. The van der Waals surface area contributed by atoms with Crippen molar-refractivity contribution >= 4 is 37.2 Å². The Labute approximate surface area is 385 Å². The average molecular weight is 906 g/mol. The largest absolute Gasteiger partial charge is 0.494 e. The molecule has 0 amide bonds. The number of pyridine rings is 1. The molecular formula is C52H83N5O4S2. The van der Waals surface area contributed by atoms with Crippen molar-refractivity contribution in [3.05, 3.63) is 48.7 Å². The van der Waals surface area contributed by atoms with Crippen molar-refractivity contribution in [3.63, 3.8) is 0 Å². The Hall–Kier alpha value is -2.57. The smallest absolute Gasteiger partial charge is 0.210 e. The van der Waals surface area contributed by atoms with Gasteiger partial charge in [-0.25, -0.2) is 8.42 Å². The van der Waals surface area contributed by atoms with Crippen molar-refractivity contribution in [1.29, 1.82) is 0 Å². The van der Waals surface area contributed by atoms with Gasteiger partial charge in [0.05, 0.1) is 22.7 Å². The first-order valence-electron chi connectivity index (χ1n) is 25.5. The van der Waals surface area contributed by atoms with Gasteiger partial charge in [0.2, 0.25) is 9.84 Å². The third kappa shape index (κ3) is 15.0. The molecule has 11 heteroatoms. The fourth-order valence-corrected chi connectivity index (χ4v) is 12.4. The highest BCUT2D eigenvalue weighted by Crippen LogP contribution is 2.39. The fourth-order valence-electron chi connectivity index (χ4n) is 10.4. The van der Waals surface area contributed by atoms with Gasteiger partial charge in [-0.05, 0) is 94.2 Å². The van der Waals surface area contributed by atoms with Gasteiger partial charge in [0.25, 0.3) is 0 Å². The lowest BCUT2D eigenvalue weighted by Crippen LogP contribution is -2.55. The lowest BCUT2D eigenvalue weighted by atomic mass is 9.96. The predicted octanol–water partition coefficient (Wildman–Crippen LogP) is 11.3. The fraction of sp³-hybridized carbons (Fsp3) is 0.712. The van der Waals surface area contributed by atoms with Gasteiger partial charge in [-0.3, -0.25) is 14.1 Å². The van der Waals surface area contributed by atoms with Crippen molar-refractivity contribution in [2.24, 2.45) is 0 Å². The number of likely N-dealkylation sites (N-methyl/N-ethyl adjacent to an activating group) is 1. The van der Waals surface area contributed by atoms with Gasteiger partial charge in [0, 0.05) is 84.9 Å². The first-order chi connectivity index (χ1) is 30.8. The molecule has 0 N–H and O–H groups in total. The summed E-state index contributed by atoms with van der Waals surface area (Å²) in [6.45, 7) is 14.9. The number of hydrogen-bond donors (Lipinski definition) is 0. The lowest BCUT2D eigenvalue weighted by molar-refractivity contribution is 0.0449. The van der Waals surface area contributed by atoms with Crippen LogP contribution in [0.2, 0.25) is 0 Å². The number of benzene rings is 2. The lowest BCUT2D eigenvalue weighted by Gasteiger charge is -2.46. The summed E-state index contributed by atoms with van der Waals surface area (Å²) in [6, 6.07) is 13.7. The molecule has 352 valence electrons. The summed E-state index contributed by atoms with van der Waals surface area (Å²) < 4.78 is 47.8. The molecule has 3 aliphatic heterocycles. The highest BCUT2D eigenvalue weighted by molar-refractivity contribution is 7.91. The maximum absolute atomic E-state index is 14.5. The summed E-state index contributed by atoms with van der Waals surface area (Å²) in [6.07, 6.45) is 31.9. The number of nitrogens with zero attached hydrogens (tertiary/aromatic N) is 5. The highest BCUT2D eigenvalue weighted by atomic mass is 32.2. The van der Waals surface area contributed by atoms with E-state index < -0.39 is 20.6 Å². The van der Waals surface area contributed by atoms with Gasteiger partial charge >= 0.3 is 0 Å².